The zero-order valence-electron chi connectivity index (χ0n) is 17.3. The summed E-state index contributed by atoms with van der Waals surface area (Å²) in [5.74, 6) is 0.970. The number of fused-ring (bicyclic) bond motifs is 1. The van der Waals surface area contributed by atoms with Crippen LogP contribution in [0.5, 0.6) is 0 Å². The van der Waals surface area contributed by atoms with Crippen molar-refractivity contribution in [3.05, 3.63) is 48.5 Å². The topological polar surface area (TPSA) is 101 Å². The summed E-state index contributed by atoms with van der Waals surface area (Å²) in [5, 5.41) is 11.3. The number of piperidine rings is 1. The lowest BCUT2D eigenvalue weighted by molar-refractivity contribution is 0.172. The van der Waals surface area contributed by atoms with Gasteiger partial charge in [0, 0.05) is 23.4 Å². The first-order valence-electron chi connectivity index (χ1n) is 10.4. The Hall–Kier alpha value is -3.26. The number of H-pyrrole nitrogens is 1. The van der Waals surface area contributed by atoms with E-state index in [4.69, 9.17) is 5.73 Å². The highest BCUT2D eigenvalue weighted by Gasteiger charge is 2.23. The molecule has 8 heteroatoms. The maximum absolute atomic E-state index is 6.18. The fourth-order valence-electron chi connectivity index (χ4n) is 4.41. The van der Waals surface area contributed by atoms with Crippen LogP contribution in [-0.2, 0) is 0 Å². The average molecular weight is 403 g/mol. The number of nitrogens with two attached hydrogens (primary N) is 1. The van der Waals surface area contributed by atoms with Crippen molar-refractivity contribution in [3.63, 3.8) is 0 Å². The van der Waals surface area contributed by atoms with Gasteiger partial charge in [0.15, 0.2) is 11.5 Å². The zero-order valence-corrected chi connectivity index (χ0v) is 17.3. The maximum Gasteiger partial charge on any atom is 0.198 e. The van der Waals surface area contributed by atoms with E-state index in [1.807, 2.05) is 6.20 Å². The summed E-state index contributed by atoms with van der Waals surface area (Å²) < 4.78 is 1.73. The third kappa shape index (κ3) is 3.23. The van der Waals surface area contributed by atoms with Crippen LogP contribution in [0.4, 0.5) is 5.82 Å². The Morgan fingerprint density at radius 3 is 2.53 bits per heavy atom. The highest BCUT2D eigenvalue weighted by Crippen LogP contribution is 2.34. The van der Waals surface area contributed by atoms with E-state index >= 15 is 0 Å². The summed E-state index contributed by atoms with van der Waals surface area (Å²) in [6.07, 6.45) is 7.48. The summed E-state index contributed by atoms with van der Waals surface area (Å²) >= 11 is 0. The van der Waals surface area contributed by atoms with Gasteiger partial charge in [0.2, 0.25) is 0 Å². The number of aromatic nitrogens is 6. The molecule has 1 saturated heterocycles. The first-order valence-corrected chi connectivity index (χ1v) is 10.4. The number of anilines is 1. The molecule has 0 radical (unpaired) electrons. The summed E-state index contributed by atoms with van der Waals surface area (Å²) in [7, 11) is 0. The van der Waals surface area contributed by atoms with Gasteiger partial charge < -0.3 is 10.6 Å². The van der Waals surface area contributed by atoms with Crippen LogP contribution in [-0.4, -0.2) is 53.8 Å². The Labute approximate surface area is 175 Å². The molecule has 1 aliphatic rings. The van der Waals surface area contributed by atoms with Crippen molar-refractivity contribution < 1.29 is 0 Å². The lowest BCUT2D eigenvalue weighted by Crippen LogP contribution is -2.37. The number of hydrogen-bond donors (Lipinski definition) is 2. The number of aromatic amines is 1. The van der Waals surface area contributed by atoms with E-state index in [-0.39, 0.29) is 0 Å². The van der Waals surface area contributed by atoms with Crippen LogP contribution < -0.4 is 5.73 Å². The molecule has 0 amide bonds. The fourth-order valence-corrected chi connectivity index (χ4v) is 4.41. The smallest absolute Gasteiger partial charge is 0.198 e. The monoisotopic (exact) mass is 402 g/mol. The minimum absolute atomic E-state index is 0.361. The lowest BCUT2D eigenvalue weighted by Gasteiger charge is -2.34. The van der Waals surface area contributed by atoms with Gasteiger partial charge in [-0.25, -0.2) is 14.5 Å². The minimum Gasteiger partial charge on any atom is -0.381 e. The molecule has 8 nitrogen and oxygen atoms in total. The van der Waals surface area contributed by atoms with Crippen LogP contribution in [0.15, 0.2) is 43.0 Å². The molecular formula is C22H26N8. The molecular weight excluding hydrogens is 376 g/mol. The predicted molar refractivity (Wildman–Crippen MR) is 117 cm³/mol. The molecule has 1 aliphatic heterocycles. The molecule has 0 aliphatic carbocycles. The predicted octanol–water partition coefficient (Wildman–Crippen LogP) is 3.35. The van der Waals surface area contributed by atoms with E-state index in [2.05, 4.69) is 68.3 Å². The molecule has 30 heavy (non-hydrogen) atoms. The van der Waals surface area contributed by atoms with Gasteiger partial charge in [0.1, 0.15) is 12.0 Å². The normalized spacial score (nSPS) is 16.0. The SMILES string of the molecule is CC(C)N1CCC(c2ccc(-c3nc(N)c4ncnn4c3-c3cn[nH]c3)cc2)CC1. The molecule has 1 fully saturated rings. The number of nitrogen functional groups attached to an aromatic ring is 1. The van der Waals surface area contributed by atoms with E-state index in [1.165, 1.54) is 24.7 Å². The highest BCUT2D eigenvalue weighted by atomic mass is 15.3. The first-order chi connectivity index (χ1) is 14.6. The molecule has 1 aromatic carbocycles. The second-order valence-corrected chi connectivity index (χ2v) is 8.20. The minimum atomic E-state index is 0.361. The Morgan fingerprint density at radius 1 is 1.10 bits per heavy atom. The quantitative estimate of drug-likeness (QED) is 0.543. The first kappa shape index (κ1) is 18.7. The van der Waals surface area contributed by atoms with Crippen molar-refractivity contribution in [3.8, 4) is 22.5 Å². The molecule has 0 spiro atoms. The summed E-state index contributed by atoms with van der Waals surface area (Å²) in [6.45, 7) is 6.88. The van der Waals surface area contributed by atoms with Crippen molar-refractivity contribution >= 4 is 11.5 Å². The Bertz CT molecular complexity index is 1140. The summed E-state index contributed by atoms with van der Waals surface area (Å²) in [5.41, 5.74) is 11.6. The fraction of sp³-hybridized carbons (Fsp3) is 0.364. The van der Waals surface area contributed by atoms with E-state index < -0.39 is 0 Å². The van der Waals surface area contributed by atoms with Crippen LogP contribution in [0.2, 0.25) is 0 Å². The highest BCUT2D eigenvalue weighted by molar-refractivity contribution is 5.82. The summed E-state index contributed by atoms with van der Waals surface area (Å²) in [4.78, 5) is 11.5. The Kier molecular flexibility index (Phi) is 4.71. The number of nitrogens with one attached hydrogen (secondary N) is 1. The molecule has 0 unspecified atom stereocenters. The van der Waals surface area contributed by atoms with Gasteiger partial charge in [0.25, 0.3) is 0 Å². The van der Waals surface area contributed by atoms with Gasteiger partial charge >= 0.3 is 0 Å². The van der Waals surface area contributed by atoms with E-state index in [9.17, 15) is 0 Å². The lowest BCUT2D eigenvalue weighted by atomic mass is 9.88. The van der Waals surface area contributed by atoms with Gasteiger partial charge in [-0.15, -0.1) is 0 Å². The second-order valence-electron chi connectivity index (χ2n) is 8.20. The molecule has 0 saturated carbocycles. The number of likely N-dealkylation sites (tertiary alicyclic amines) is 1. The Morgan fingerprint density at radius 2 is 1.87 bits per heavy atom. The van der Waals surface area contributed by atoms with Gasteiger partial charge in [0.05, 0.1) is 11.9 Å². The van der Waals surface area contributed by atoms with Crippen LogP contribution >= 0.6 is 0 Å². The standard InChI is InChI=1S/C22H26N8/c1-14(2)29-9-7-16(8-10-29)15-3-5-17(6-4-15)19-20(18-11-25-26-12-18)30-22(21(23)28-19)24-13-27-30/h3-6,11-14,16H,7-10H2,1-2H3,(H2,23,28)(H,25,26). The number of benzene rings is 1. The van der Waals surface area contributed by atoms with Crippen molar-refractivity contribution in [1.82, 2.24) is 34.7 Å². The summed E-state index contributed by atoms with van der Waals surface area (Å²) in [6, 6.07) is 9.36. The van der Waals surface area contributed by atoms with E-state index in [0.717, 1.165) is 35.6 Å². The van der Waals surface area contributed by atoms with E-state index in [0.29, 0.717) is 23.4 Å². The van der Waals surface area contributed by atoms with Gasteiger partial charge in [-0.2, -0.15) is 10.2 Å². The van der Waals surface area contributed by atoms with Crippen molar-refractivity contribution in [2.24, 2.45) is 0 Å². The second kappa shape index (κ2) is 7.53. The maximum atomic E-state index is 6.18. The molecule has 4 heterocycles. The van der Waals surface area contributed by atoms with Gasteiger partial charge in [-0.3, -0.25) is 5.10 Å². The van der Waals surface area contributed by atoms with Crippen molar-refractivity contribution in [2.45, 2.75) is 38.6 Å². The molecule has 0 atom stereocenters. The molecule has 154 valence electrons. The van der Waals surface area contributed by atoms with Gasteiger partial charge in [-0.1, -0.05) is 24.3 Å². The molecule has 0 bridgehead atoms. The zero-order chi connectivity index (χ0) is 20.7. The van der Waals surface area contributed by atoms with E-state index in [1.54, 1.807) is 10.7 Å². The van der Waals surface area contributed by atoms with Crippen LogP contribution in [0.1, 0.15) is 38.2 Å². The largest absolute Gasteiger partial charge is 0.381 e. The molecule has 4 aromatic rings. The molecule has 3 aromatic heterocycles. The Balaban J connectivity index is 1.50. The van der Waals surface area contributed by atoms with Gasteiger partial charge in [-0.05, 0) is 51.3 Å². The van der Waals surface area contributed by atoms with Crippen molar-refractivity contribution in [2.75, 3.05) is 18.8 Å². The van der Waals surface area contributed by atoms with Crippen molar-refractivity contribution in [1.29, 1.82) is 0 Å². The molecule has 3 N–H and O–H groups in total. The third-order valence-corrected chi connectivity index (χ3v) is 6.13. The van der Waals surface area contributed by atoms with Crippen LogP contribution in [0, 0.1) is 0 Å². The third-order valence-electron chi connectivity index (χ3n) is 6.13. The number of nitrogens with zero attached hydrogens (tertiary/aromatic N) is 6. The molecule has 5 rings (SSSR count). The number of rotatable bonds is 4. The van der Waals surface area contributed by atoms with Crippen LogP contribution in [0.25, 0.3) is 28.2 Å². The van der Waals surface area contributed by atoms with Crippen LogP contribution in [0.3, 0.4) is 0 Å². The average Bonchev–Trinajstić information content (AvgIpc) is 3.47. The number of hydrogen-bond acceptors (Lipinski definition) is 6.